The van der Waals surface area contributed by atoms with Gasteiger partial charge in [0.15, 0.2) is 0 Å². The van der Waals surface area contributed by atoms with Crippen molar-refractivity contribution in [3.8, 4) is 0 Å². The zero-order valence-corrected chi connectivity index (χ0v) is 18.5. The van der Waals surface area contributed by atoms with Crippen LogP contribution in [-0.2, 0) is 9.59 Å². The smallest absolute Gasteiger partial charge is 0.269 e. The van der Waals surface area contributed by atoms with E-state index < -0.39 is 17.6 Å². The van der Waals surface area contributed by atoms with E-state index in [9.17, 15) is 18.8 Å². The molecule has 10 heteroatoms. The summed E-state index contributed by atoms with van der Waals surface area (Å²) >= 11 is 12.6. The Kier molecular flexibility index (Phi) is 7.78. The van der Waals surface area contributed by atoms with Crippen LogP contribution >= 0.6 is 35.6 Å². The maximum atomic E-state index is 12.9. The number of hydrogen-bond donors (Lipinski definition) is 2. The minimum Gasteiger partial charge on any atom is -0.293 e. The summed E-state index contributed by atoms with van der Waals surface area (Å²) in [5.74, 6) is -1.68. The Morgan fingerprint density at radius 2 is 1.84 bits per heavy atom. The number of nitrogens with one attached hydrogen (secondary N) is 2. The van der Waals surface area contributed by atoms with Crippen molar-refractivity contribution in [2.75, 3.05) is 6.54 Å². The summed E-state index contributed by atoms with van der Waals surface area (Å²) in [6, 6.07) is 12.1. The number of carbonyl (C=O) groups excluding carboxylic acids is 3. The van der Waals surface area contributed by atoms with Gasteiger partial charge in [0, 0.05) is 23.6 Å². The molecule has 0 aliphatic carbocycles. The molecule has 0 radical (unpaired) electrons. The molecule has 1 fully saturated rings. The summed E-state index contributed by atoms with van der Waals surface area (Å²) in [5, 5.41) is 0.534. The van der Waals surface area contributed by atoms with Gasteiger partial charge in [-0.25, -0.2) is 4.39 Å². The first-order chi connectivity index (χ1) is 14.8. The quantitative estimate of drug-likeness (QED) is 0.374. The van der Waals surface area contributed by atoms with Gasteiger partial charge in [0.1, 0.15) is 10.1 Å². The molecule has 1 aliphatic rings. The van der Waals surface area contributed by atoms with E-state index in [1.807, 2.05) is 6.07 Å². The van der Waals surface area contributed by atoms with Crippen LogP contribution in [-0.4, -0.2) is 33.5 Å². The van der Waals surface area contributed by atoms with E-state index >= 15 is 0 Å². The molecule has 0 aromatic heterocycles. The Morgan fingerprint density at radius 1 is 1.13 bits per heavy atom. The first-order valence-corrected chi connectivity index (χ1v) is 10.8. The second-order valence-corrected chi connectivity index (χ2v) is 8.55. The van der Waals surface area contributed by atoms with Crippen LogP contribution < -0.4 is 10.9 Å². The van der Waals surface area contributed by atoms with E-state index in [1.54, 1.807) is 24.3 Å². The maximum absolute atomic E-state index is 12.9. The van der Waals surface area contributed by atoms with Crippen LogP contribution in [0.3, 0.4) is 0 Å². The van der Waals surface area contributed by atoms with Crippen molar-refractivity contribution in [2.45, 2.75) is 12.8 Å². The molecule has 1 aliphatic heterocycles. The van der Waals surface area contributed by atoms with Crippen molar-refractivity contribution in [1.82, 2.24) is 15.8 Å². The lowest BCUT2D eigenvalue weighted by Crippen LogP contribution is -2.41. The van der Waals surface area contributed by atoms with Crippen LogP contribution in [0.4, 0.5) is 4.39 Å². The van der Waals surface area contributed by atoms with Crippen molar-refractivity contribution in [2.24, 2.45) is 0 Å². The fourth-order valence-electron chi connectivity index (χ4n) is 2.69. The summed E-state index contributed by atoms with van der Waals surface area (Å²) in [6.45, 7) is 0.268. The SMILES string of the molecule is O=C(CCCN1C(=O)/C(=C\c2ccccc2Cl)SC1=S)NNC(=O)c1ccc(F)cc1. The van der Waals surface area contributed by atoms with Crippen molar-refractivity contribution >= 4 is 63.7 Å². The Hall–Kier alpha value is -2.75. The summed E-state index contributed by atoms with van der Waals surface area (Å²) in [5.41, 5.74) is 5.49. The second kappa shape index (κ2) is 10.5. The predicted molar refractivity (Wildman–Crippen MR) is 123 cm³/mol. The van der Waals surface area contributed by atoms with Crippen LogP contribution in [0.25, 0.3) is 6.08 Å². The molecule has 1 saturated heterocycles. The maximum Gasteiger partial charge on any atom is 0.269 e. The third kappa shape index (κ3) is 6.13. The van der Waals surface area contributed by atoms with Crippen molar-refractivity contribution in [1.29, 1.82) is 0 Å². The number of thiocarbonyl (C=S) groups is 1. The van der Waals surface area contributed by atoms with Crippen molar-refractivity contribution in [3.63, 3.8) is 0 Å². The van der Waals surface area contributed by atoms with Gasteiger partial charge in [-0.05, 0) is 48.4 Å². The highest BCUT2D eigenvalue weighted by Gasteiger charge is 2.31. The van der Waals surface area contributed by atoms with Crippen LogP contribution in [0.1, 0.15) is 28.8 Å². The number of nitrogens with zero attached hydrogens (tertiary/aromatic N) is 1. The molecule has 2 aromatic carbocycles. The Morgan fingerprint density at radius 3 is 2.55 bits per heavy atom. The number of thioether (sulfide) groups is 1. The van der Waals surface area contributed by atoms with Gasteiger partial charge in [-0.15, -0.1) is 0 Å². The predicted octanol–water partition coefficient (Wildman–Crippen LogP) is 3.92. The van der Waals surface area contributed by atoms with Crippen molar-refractivity contribution < 1.29 is 18.8 Å². The van der Waals surface area contributed by atoms with Crippen LogP contribution in [0.15, 0.2) is 53.4 Å². The standard InChI is InChI=1S/C21H17ClFN3O3S2/c22-16-5-2-1-4-14(16)12-17-20(29)26(21(30)31-17)11-3-6-18(27)24-25-19(28)13-7-9-15(23)10-8-13/h1-2,4-5,7-10,12H,3,6,11H2,(H,24,27)(H,25,28)/b17-12+. The molecule has 0 unspecified atom stereocenters. The molecule has 0 atom stereocenters. The number of amides is 3. The minimum atomic E-state index is -0.560. The molecule has 0 saturated carbocycles. The van der Waals surface area contributed by atoms with Gasteiger partial charge in [-0.3, -0.25) is 30.1 Å². The highest BCUT2D eigenvalue weighted by Crippen LogP contribution is 2.33. The lowest BCUT2D eigenvalue weighted by Gasteiger charge is -2.14. The summed E-state index contributed by atoms with van der Waals surface area (Å²) in [4.78, 5) is 38.4. The van der Waals surface area contributed by atoms with Crippen molar-refractivity contribution in [3.05, 3.63) is 75.4 Å². The second-order valence-electron chi connectivity index (χ2n) is 6.47. The van der Waals surface area contributed by atoms with Gasteiger partial charge in [-0.2, -0.15) is 0 Å². The van der Waals surface area contributed by atoms with Crippen LogP contribution in [0.2, 0.25) is 5.02 Å². The van der Waals surface area contributed by atoms with Crippen LogP contribution in [0.5, 0.6) is 0 Å². The molecule has 6 nitrogen and oxygen atoms in total. The van der Waals surface area contributed by atoms with Gasteiger partial charge in [0.05, 0.1) is 4.91 Å². The molecule has 0 bridgehead atoms. The highest BCUT2D eigenvalue weighted by atomic mass is 35.5. The fraction of sp³-hybridized carbons (Fsp3) is 0.143. The van der Waals surface area contributed by atoms with Gasteiger partial charge < -0.3 is 0 Å². The lowest BCUT2D eigenvalue weighted by atomic mass is 10.2. The summed E-state index contributed by atoms with van der Waals surface area (Å²) in [7, 11) is 0. The topological polar surface area (TPSA) is 78.5 Å². The number of rotatable bonds is 6. The first-order valence-electron chi connectivity index (χ1n) is 9.20. The third-order valence-corrected chi connectivity index (χ3v) is 5.99. The Balaban J connectivity index is 1.46. The number of benzene rings is 2. The molecule has 3 rings (SSSR count). The largest absolute Gasteiger partial charge is 0.293 e. The van der Waals surface area contributed by atoms with E-state index in [-0.39, 0.29) is 24.4 Å². The first kappa shape index (κ1) is 22.9. The van der Waals surface area contributed by atoms with Gasteiger partial charge in [0.2, 0.25) is 5.91 Å². The van der Waals surface area contributed by atoms with Gasteiger partial charge in [0.25, 0.3) is 11.8 Å². The third-order valence-electron chi connectivity index (χ3n) is 4.27. The molecule has 2 aromatic rings. The highest BCUT2D eigenvalue weighted by molar-refractivity contribution is 8.26. The zero-order valence-electron chi connectivity index (χ0n) is 16.1. The van der Waals surface area contributed by atoms with E-state index in [4.69, 9.17) is 23.8 Å². The summed E-state index contributed by atoms with van der Waals surface area (Å²) in [6.07, 6.45) is 2.12. The molecule has 31 heavy (non-hydrogen) atoms. The minimum absolute atomic E-state index is 0.0737. The lowest BCUT2D eigenvalue weighted by molar-refractivity contribution is -0.124. The van der Waals surface area contributed by atoms with E-state index in [0.717, 1.165) is 17.7 Å². The van der Waals surface area contributed by atoms with E-state index in [0.29, 0.717) is 20.7 Å². The molecule has 1 heterocycles. The Labute approximate surface area is 192 Å². The van der Waals surface area contributed by atoms with Gasteiger partial charge >= 0.3 is 0 Å². The number of hydrogen-bond acceptors (Lipinski definition) is 5. The molecule has 2 N–H and O–H groups in total. The Bertz CT molecular complexity index is 1060. The molecular formula is C21H17ClFN3O3S2. The van der Waals surface area contributed by atoms with Gasteiger partial charge in [-0.1, -0.05) is 53.8 Å². The number of hydrazine groups is 1. The monoisotopic (exact) mass is 477 g/mol. The normalized spacial score (nSPS) is 14.8. The average Bonchev–Trinajstić information content (AvgIpc) is 3.01. The summed E-state index contributed by atoms with van der Waals surface area (Å²) < 4.78 is 13.3. The molecular weight excluding hydrogens is 461 g/mol. The van der Waals surface area contributed by atoms with Crippen LogP contribution in [0, 0.1) is 5.82 Å². The number of carbonyl (C=O) groups is 3. The zero-order chi connectivity index (χ0) is 22.4. The fourth-order valence-corrected chi connectivity index (χ4v) is 4.18. The number of halogens is 2. The average molecular weight is 478 g/mol. The molecule has 3 amide bonds. The van der Waals surface area contributed by atoms with E-state index in [1.165, 1.54) is 28.8 Å². The molecule has 160 valence electrons. The van der Waals surface area contributed by atoms with E-state index in [2.05, 4.69) is 10.9 Å². The molecule has 0 spiro atoms.